The van der Waals surface area contributed by atoms with Gasteiger partial charge in [-0.05, 0) is 36.6 Å². The minimum Gasteiger partial charge on any atom is -0.497 e. The number of hydrogen-bond donors (Lipinski definition) is 1. The van der Waals surface area contributed by atoms with Crippen LogP contribution in [-0.2, 0) is 21.2 Å². The lowest BCUT2D eigenvalue weighted by Crippen LogP contribution is -2.40. The van der Waals surface area contributed by atoms with Crippen molar-refractivity contribution in [3.63, 3.8) is 0 Å². The zero-order valence-corrected chi connectivity index (χ0v) is 17.0. The summed E-state index contributed by atoms with van der Waals surface area (Å²) in [6.45, 7) is -0.0955. The minimum atomic E-state index is -3.80. The number of sulfonamides is 1. The molecule has 1 amide bonds. The Bertz CT molecular complexity index is 977. The number of nitro benzene ring substituents is 1. The van der Waals surface area contributed by atoms with E-state index in [1.165, 1.54) is 18.2 Å². The number of anilines is 1. The molecule has 0 saturated heterocycles. The van der Waals surface area contributed by atoms with E-state index in [4.69, 9.17) is 4.74 Å². The van der Waals surface area contributed by atoms with Gasteiger partial charge in [0.25, 0.3) is 5.69 Å². The van der Waals surface area contributed by atoms with E-state index in [0.29, 0.717) is 13.0 Å². The van der Waals surface area contributed by atoms with Crippen LogP contribution < -0.4 is 14.4 Å². The van der Waals surface area contributed by atoms with Crippen molar-refractivity contribution in [2.45, 2.75) is 12.8 Å². The van der Waals surface area contributed by atoms with Crippen LogP contribution in [0.1, 0.15) is 12.0 Å². The fourth-order valence-corrected chi connectivity index (χ4v) is 3.54. The Morgan fingerprint density at radius 1 is 1.21 bits per heavy atom. The molecule has 156 valence electrons. The number of hydrogen-bond acceptors (Lipinski definition) is 6. The number of nitrogens with one attached hydrogen (secondary N) is 1. The number of non-ortho nitro benzene ring substituents is 1. The van der Waals surface area contributed by atoms with Gasteiger partial charge in [-0.2, -0.15) is 0 Å². The summed E-state index contributed by atoms with van der Waals surface area (Å²) < 4.78 is 30.2. The number of carbonyl (C=O) groups is 1. The first kappa shape index (κ1) is 22.2. The molecule has 2 aromatic rings. The molecular weight excluding hydrogens is 398 g/mol. The molecular formula is C19H23N3O6S. The van der Waals surface area contributed by atoms with Gasteiger partial charge in [0.05, 0.1) is 24.0 Å². The molecule has 0 fully saturated rings. The number of nitrogens with zero attached hydrogens (tertiary/aromatic N) is 2. The summed E-state index contributed by atoms with van der Waals surface area (Å²) in [5.41, 5.74) is 0.871. The van der Waals surface area contributed by atoms with Gasteiger partial charge in [0.15, 0.2) is 0 Å². The number of aryl methyl sites for hydroxylation is 1. The molecule has 0 aliphatic rings. The van der Waals surface area contributed by atoms with Gasteiger partial charge in [-0.3, -0.25) is 19.2 Å². The Morgan fingerprint density at radius 3 is 2.59 bits per heavy atom. The van der Waals surface area contributed by atoms with Gasteiger partial charge in [-0.1, -0.05) is 18.2 Å². The zero-order valence-electron chi connectivity index (χ0n) is 16.2. The number of amides is 1. The third kappa shape index (κ3) is 6.75. The highest BCUT2D eigenvalue weighted by Crippen LogP contribution is 2.23. The van der Waals surface area contributed by atoms with Crippen LogP contribution >= 0.6 is 0 Å². The van der Waals surface area contributed by atoms with Crippen molar-refractivity contribution >= 4 is 27.3 Å². The Hall–Kier alpha value is -3.14. The highest BCUT2D eigenvalue weighted by atomic mass is 32.2. The van der Waals surface area contributed by atoms with Crippen LogP contribution in [0, 0.1) is 10.1 Å². The van der Waals surface area contributed by atoms with Crippen molar-refractivity contribution in [2.75, 3.05) is 30.8 Å². The second kappa shape index (κ2) is 9.87. The lowest BCUT2D eigenvalue weighted by Gasteiger charge is -2.21. The summed E-state index contributed by atoms with van der Waals surface area (Å²) in [6.07, 6.45) is 2.33. The van der Waals surface area contributed by atoms with E-state index < -0.39 is 27.4 Å². The van der Waals surface area contributed by atoms with Crippen molar-refractivity contribution in [3.8, 4) is 5.75 Å². The number of ether oxygens (including phenoxy) is 1. The normalized spacial score (nSPS) is 11.0. The average molecular weight is 421 g/mol. The van der Waals surface area contributed by atoms with Gasteiger partial charge in [-0.15, -0.1) is 0 Å². The highest BCUT2D eigenvalue weighted by Gasteiger charge is 2.22. The van der Waals surface area contributed by atoms with Crippen molar-refractivity contribution in [3.05, 3.63) is 64.2 Å². The first-order valence-electron chi connectivity index (χ1n) is 8.82. The number of methoxy groups -OCH3 is 1. The standard InChI is InChI=1S/C19H23N3O6S/c1-28-18-10-3-6-15(12-18)7-5-11-20-19(23)14-21(29(2,26)27)16-8-4-9-17(13-16)22(24)25/h3-4,6,8-10,12-13H,5,7,11,14H2,1-2H3,(H,20,23). The molecule has 2 rings (SSSR count). The Morgan fingerprint density at radius 2 is 1.93 bits per heavy atom. The molecule has 0 bridgehead atoms. The molecule has 0 atom stereocenters. The fourth-order valence-electron chi connectivity index (χ4n) is 2.70. The topological polar surface area (TPSA) is 119 Å². The molecule has 0 heterocycles. The van der Waals surface area contributed by atoms with Crippen LogP contribution in [0.4, 0.5) is 11.4 Å². The predicted molar refractivity (Wildman–Crippen MR) is 110 cm³/mol. The first-order valence-corrected chi connectivity index (χ1v) is 10.7. The molecule has 29 heavy (non-hydrogen) atoms. The van der Waals surface area contributed by atoms with E-state index in [0.717, 1.165) is 34.4 Å². The van der Waals surface area contributed by atoms with E-state index in [1.54, 1.807) is 7.11 Å². The summed E-state index contributed by atoms with van der Waals surface area (Å²) in [4.78, 5) is 22.5. The van der Waals surface area contributed by atoms with Gasteiger partial charge in [-0.25, -0.2) is 8.42 Å². The summed E-state index contributed by atoms with van der Waals surface area (Å²) in [5.74, 6) is 0.264. The lowest BCUT2D eigenvalue weighted by atomic mass is 10.1. The number of carbonyl (C=O) groups excluding carboxylic acids is 1. The van der Waals surface area contributed by atoms with Gasteiger partial charge in [0.2, 0.25) is 15.9 Å². The van der Waals surface area contributed by atoms with Crippen LogP contribution in [0.5, 0.6) is 5.75 Å². The molecule has 2 aromatic carbocycles. The molecule has 0 spiro atoms. The van der Waals surface area contributed by atoms with Crippen LogP contribution in [0.15, 0.2) is 48.5 Å². The summed E-state index contributed by atoms with van der Waals surface area (Å²) in [6, 6.07) is 12.8. The molecule has 0 aliphatic heterocycles. The fraction of sp³-hybridized carbons (Fsp3) is 0.316. The van der Waals surface area contributed by atoms with E-state index in [-0.39, 0.29) is 11.4 Å². The number of rotatable bonds is 10. The van der Waals surface area contributed by atoms with Crippen LogP contribution in [0.25, 0.3) is 0 Å². The average Bonchev–Trinajstić information content (AvgIpc) is 2.68. The number of nitro groups is 1. The molecule has 0 aromatic heterocycles. The van der Waals surface area contributed by atoms with Crippen molar-refractivity contribution in [1.29, 1.82) is 0 Å². The maximum atomic E-state index is 12.2. The highest BCUT2D eigenvalue weighted by molar-refractivity contribution is 7.92. The zero-order chi connectivity index (χ0) is 21.4. The van der Waals surface area contributed by atoms with E-state index in [2.05, 4.69) is 5.32 Å². The molecule has 10 heteroatoms. The summed E-state index contributed by atoms with van der Waals surface area (Å²) in [7, 11) is -2.21. The summed E-state index contributed by atoms with van der Waals surface area (Å²) >= 11 is 0. The quantitative estimate of drug-likeness (QED) is 0.357. The van der Waals surface area contributed by atoms with Gasteiger partial charge in [0.1, 0.15) is 12.3 Å². The van der Waals surface area contributed by atoms with E-state index >= 15 is 0 Å². The van der Waals surface area contributed by atoms with Crippen LogP contribution in [-0.4, -0.2) is 45.7 Å². The van der Waals surface area contributed by atoms with Crippen molar-refractivity contribution in [2.24, 2.45) is 0 Å². The third-order valence-electron chi connectivity index (χ3n) is 4.11. The van der Waals surface area contributed by atoms with Gasteiger partial charge in [0, 0.05) is 18.7 Å². The van der Waals surface area contributed by atoms with Gasteiger partial charge >= 0.3 is 0 Å². The number of benzene rings is 2. The summed E-state index contributed by atoms with van der Waals surface area (Å²) in [5, 5.41) is 13.6. The Labute approximate surface area is 169 Å². The largest absolute Gasteiger partial charge is 0.497 e. The van der Waals surface area contributed by atoms with Crippen molar-refractivity contribution in [1.82, 2.24) is 5.32 Å². The minimum absolute atomic E-state index is 0.0632. The van der Waals surface area contributed by atoms with Gasteiger partial charge < -0.3 is 10.1 Å². The van der Waals surface area contributed by atoms with E-state index in [1.807, 2.05) is 24.3 Å². The smallest absolute Gasteiger partial charge is 0.271 e. The monoisotopic (exact) mass is 421 g/mol. The van der Waals surface area contributed by atoms with E-state index in [9.17, 15) is 23.3 Å². The third-order valence-corrected chi connectivity index (χ3v) is 5.26. The molecule has 0 aliphatic carbocycles. The molecule has 9 nitrogen and oxygen atoms in total. The molecule has 0 saturated carbocycles. The second-order valence-corrected chi connectivity index (χ2v) is 8.26. The molecule has 0 radical (unpaired) electrons. The van der Waals surface area contributed by atoms with Crippen LogP contribution in [0.2, 0.25) is 0 Å². The van der Waals surface area contributed by atoms with Crippen LogP contribution in [0.3, 0.4) is 0 Å². The lowest BCUT2D eigenvalue weighted by molar-refractivity contribution is -0.384. The SMILES string of the molecule is COc1cccc(CCCNC(=O)CN(c2cccc([N+](=O)[O-])c2)S(C)(=O)=O)c1. The molecule has 0 unspecified atom stereocenters. The predicted octanol–water partition coefficient (Wildman–Crippen LogP) is 2.12. The maximum Gasteiger partial charge on any atom is 0.271 e. The Kier molecular flexibility index (Phi) is 7.54. The molecule has 1 N–H and O–H groups in total. The van der Waals surface area contributed by atoms with Crippen molar-refractivity contribution < 1.29 is 22.9 Å². The Balaban J connectivity index is 1.95. The second-order valence-electron chi connectivity index (χ2n) is 6.35. The first-order chi connectivity index (χ1) is 13.7. The maximum absolute atomic E-state index is 12.2.